The van der Waals surface area contributed by atoms with Gasteiger partial charge in [-0.1, -0.05) is 23.2 Å². The molecule has 2 amide bonds. The van der Waals surface area contributed by atoms with Crippen LogP contribution in [0.3, 0.4) is 0 Å². The number of benzene rings is 3. The van der Waals surface area contributed by atoms with E-state index in [1.165, 1.54) is 18.2 Å². The predicted molar refractivity (Wildman–Crippen MR) is 112 cm³/mol. The van der Waals surface area contributed by atoms with Crippen LogP contribution in [0.2, 0.25) is 10.0 Å². The van der Waals surface area contributed by atoms with Gasteiger partial charge in [0.25, 0.3) is 11.8 Å². The lowest BCUT2D eigenvalue weighted by molar-refractivity contribution is -0.137. The molecule has 11 heteroatoms. The minimum atomic E-state index is -4.87. The maximum atomic E-state index is 13.9. The number of fused-ring (bicyclic) bond motifs is 1. The fourth-order valence-electron chi connectivity index (χ4n) is 3.55. The van der Waals surface area contributed by atoms with Crippen molar-refractivity contribution >= 4 is 40.7 Å². The monoisotopic (exact) mass is 500 g/mol. The summed E-state index contributed by atoms with van der Waals surface area (Å²) in [7, 11) is 0. The first-order valence-corrected chi connectivity index (χ1v) is 9.98. The fraction of sp³-hybridized carbons (Fsp3) is 0.0909. The number of amides is 2. The van der Waals surface area contributed by atoms with E-state index in [9.17, 15) is 31.5 Å². The van der Waals surface area contributed by atoms with E-state index in [4.69, 9.17) is 23.2 Å². The lowest BCUT2D eigenvalue weighted by Gasteiger charge is -2.18. The van der Waals surface area contributed by atoms with Gasteiger partial charge in [0.15, 0.2) is 0 Å². The summed E-state index contributed by atoms with van der Waals surface area (Å²) in [6.45, 7) is 0. The van der Waals surface area contributed by atoms with Gasteiger partial charge in [0.1, 0.15) is 11.6 Å². The van der Waals surface area contributed by atoms with Crippen molar-refractivity contribution in [2.45, 2.75) is 12.2 Å². The second-order valence-electron chi connectivity index (χ2n) is 7.17. The number of hydrogen-bond donors (Lipinski definition) is 2. The van der Waals surface area contributed by atoms with Gasteiger partial charge in [0, 0.05) is 38.0 Å². The largest absolute Gasteiger partial charge is 0.416 e. The van der Waals surface area contributed by atoms with E-state index in [1.54, 1.807) is 0 Å². The van der Waals surface area contributed by atoms with Crippen molar-refractivity contribution in [2.75, 3.05) is 5.32 Å². The number of carbonyl (C=O) groups is 2. The summed E-state index contributed by atoms with van der Waals surface area (Å²) in [4.78, 5) is 25.2. The van der Waals surface area contributed by atoms with E-state index in [0.29, 0.717) is 12.1 Å². The highest BCUT2D eigenvalue weighted by Gasteiger charge is 2.35. The molecular formula is C22H11Cl2F5N2O2. The van der Waals surface area contributed by atoms with E-state index in [2.05, 4.69) is 10.6 Å². The molecule has 33 heavy (non-hydrogen) atoms. The number of alkyl halides is 3. The third-order valence-corrected chi connectivity index (χ3v) is 5.52. The van der Waals surface area contributed by atoms with Gasteiger partial charge in [-0.15, -0.1) is 0 Å². The maximum Gasteiger partial charge on any atom is 0.416 e. The zero-order chi connectivity index (χ0) is 24.1. The fourth-order valence-corrected chi connectivity index (χ4v) is 3.99. The molecule has 170 valence electrons. The molecule has 4 rings (SSSR count). The van der Waals surface area contributed by atoms with Crippen LogP contribution in [0, 0.1) is 11.6 Å². The van der Waals surface area contributed by atoms with Crippen LogP contribution in [0.25, 0.3) is 0 Å². The van der Waals surface area contributed by atoms with E-state index in [-0.39, 0.29) is 38.5 Å². The number of hydrogen-bond acceptors (Lipinski definition) is 2. The first-order valence-electron chi connectivity index (χ1n) is 9.22. The second kappa shape index (κ2) is 8.31. The molecule has 2 N–H and O–H groups in total. The Balaban J connectivity index is 1.79. The van der Waals surface area contributed by atoms with Crippen molar-refractivity contribution in [1.29, 1.82) is 0 Å². The van der Waals surface area contributed by atoms with Gasteiger partial charge in [0.05, 0.1) is 11.6 Å². The molecule has 0 spiro atoms. The maximum absolute atomic E-state index is 13.9. The van der Waals surface area contributed by atoms with Crippen molar-refractivity contribution < 1.29 is 31.5 Å². The summed E-state index contributed by atoms with van der Waals surface area (Å²) in [5.41, 5.74) is -1.56. The molecule has 0 saturated carbocycles. The minimum Gasteiger partial charge on any atom is -0.341 e. The zero-order valence-electron chi connectivity index (χ0n) is 16.2. The van der Waals surface area contributed by atoms with Crippen LogP contribution in [0.5, 0.6) is 0 Å². The van der Waals surface area contributed by atoms with Crippen molar-refractivity contribution in [1.82, 2.24) is 5.32 Å². The van der Waals surface area contributed by atoms with Crippen molar-refractivity contribution in [2.24, 2.45) is 0 Å². The molecule has 0 unspecified atom stereocenters. The number of anilines is 1. The molecule has 4 nitrogen and oxygen atoms in total. The first kappa shape index (κ1) is 23.0. The molecule has 0 fully saturated rings. The number of halogens is 7. The summed E-state index contributed by atoms with van der Waals surface area (Å²) in [5.74, 6) is -3.55. The summed E-state index contributed by atoms with van der Waals surface area (Å²) in [6, 6.07) is 6.51. The molecule has 0 aliphatic carbocycles. The third-order valence-electron chi connectivity index (χ3n) is 4.96. The molecule has 1 aliphatic rings. The van der Waals surface area contributed by atoms with E-state index in [1.807, 2.05) is 0 Å². The lowest BCUT2D eigenvalue weighted by atomic mass is 9.96. The Hall–Kier alpha value is -3.17. The van der Waals surface area contributed by atoms with Crippen LogP contribution in [-0.4, -0.2) is 11.8 Å². The Kier molecular flexibility index (Phi) is 5.79. The Labute approximate surface area is 193 Å². The standard InChI is InChI=1S/C22H11Cl2F5N2O2/c23-11-6-15-18(19(31-21(15)33)14-8-12(25)1-2-16(14)24)17(7-11)30-20(32)9-3-10(22(27,28)29)5-13(26)4-9/h1-8,19H,(H,30,32)(H,31,33)/t19-/m1/s1. The number of carbonyl (C=O) groups excluding carboxylic acids is 2. The molecule has 0 aromatic heterocycles. The normalized spacial score (nSPS) is 15.2. The molecule has 0 radical (unpaired) electrons. The number of nitrogens with one attached hydrogen (secondary N) is 2. The Bertz CT molecular complexity index is 1310. The molecule has 1 heterocycles. The molecule has 1 aliphatic heterocycles. The van der Waals surface area contributed by atoms with Gasteiger partial charge in [-0.2, -0.15) is 13.2 Å². The number of rotatable bonds is 3. The Morgan fingerprint density at radius 1 is 0.970 bits per heavy atom. The second-order valence-corrected chi connectivity index (χ2v) is 8.01. The Morgan fingerprint density at radius 3 is 2.39 bits per heavy atom. The van der Waals surface area contributed by atoms with Crippen LogP contribution < -0.4 is 10.6 Å². The summed E-state index contributed by atoms with van der Waals surface area (Å²) in [6.07, 6.45) is -4.87. The zero-order valence-corrected chi connectivity index (χ0v) is 17.7. The highest BCUT2D eigenvalue weighted by molar-refractivity contribution is 6.32. The average molecular weight is 501 g/mol. The quantitative estimate of drug-likeness (QED) is 0.410. The highest BCUT2D eigenvalue weighted by atomic mass is 35.5. The summed E-state index contributed by atoms with van der Waals surface area (Å²) >= 11 is 12.2. The third kappa shape index (κ3) is 4.51. The topological polar surface area (TPSA) is 58.2 Å². The van der Waals surface area contributed by atoms with Crippen molar-refractivity contribution in [3.8, 4) is 0 Å². The molecule has 3 aromatic carbocycles. The summed E-state index contributed by atoms with van der Waals surface area (Å²) < 4.78 is 66.7. The van der Waals surface area contributed by atoms with Gasteiger partial charge in [0.2, 0.25) is 0 Å². The van der Waals surface area contributed by atoms with Gasteiger partial charge >= 0.3 is 6.18 Å². The molecule has 0 bridgehead atoms. The molecular weight excluding hydrogens is 490 g/mol. The minimum absolute atomic E-state index is 0.0380. The summed E-state index contributed by atoms with van der Waals surface area (Å²) in [5, 5.41) is 5.16. The van der Waals surface area contributed by atoms with Gasteiger partial charge in [-0.25, -0.2) is 8.78 Å². The first-order chi connectivity index (χ1) is 15.4. The van der Waals surface area contributed by atoms with Crippen LogP contribution >= 0.6 is 23.2 Å². The van der Waals surface area contributed by atoms with Crippen LogP contribution in [0.1, 0.15) is 43.4 Å². The lowest BCUT2D eigenvalue weighted by Crippen LogP contribution is -2.21. The smallest absolute Gasteiger partial charge is 0.341 e. The predicted octanol–water partition coefficient (Wildman–Crippen LogP) is 6.38. The van der Waals surface area contributed by atoms with Crippen molar-refractivity contribution in [3.63, 3.8) is 0 Å². The van der Waals surface area contributed by atoms with E-state index in [0.717, 1.165) is 12.1 Å². The van der Waals surface area contributed by atoms with Crippen molar-refractivity contribution in [3.05, 3.63) is 98.0 Å². The van der Waals surface area contributed by atoms with Crippen LogP contribution in [0.4, 0.5) is 27.6 Å². The van der Waals surface area contributed by atoms with Gasteiger partial charge in [-0.3, -0.25) is 9.59 Å². The van der Waals surface area contributed by atoms with Gasteiger partial charge < -0.3 is 10.6 Å². The van der Waals surface area contributed by atoms with Crippen LogP contribution in [-0.2, 0) is 6.18 Å². The van der Waals surface area contributed by atoms with E-state index < -0.39 is 46.8 Å². The highest BCUT2D eigenvalue weighted by Crippen LogP contribution is 2.41. The van der Waals surface area contributed by atoms with Gasteiger partial charge in [-0.05, 0) is 48.5 Å². The SMILES string of the molecule is O=C(Nc1cc(Cl)cc2c1[C@@H](c1cc(F)ccc1Cl)NC2=O)c1cc(F)cc(C(F)(F)F)c1. The van der Waals surface area contributed by atoms with Crippen LogP contribution in [0.15, 0.2) is 48.5 Å². The molecule has 0 saturated heterocycles. The Morgan fingerprint density at radius 2 is 1.70 bits per heavy atom. The average Bonchev–Trinajstić information content (AvgIpc) is 3.05. The van der Waals surface area contributed by atoms with E-state index >= 15 is 0 Å². The molecule has 3 aromatic rings. The molecule has 1 atom stereocenters.